The topological polar surface area (TPSA) is 137 Å². The average Bonchev–Trinajstić information content (AvgIpc) is 0.766. The lowest BCUT2D eigenvalue weighted by Gasteiger charge is -2.29. The molecule has 96 heavy (non-hydrogen) atoms. The number of nitrogens with one attached hydrogen (secondary N) is 4. The number of fused-ring (bicyclic) bond motifs is 8. The molecule has 0 spiro atoms. The molecule has 0 atom stereocenters. The Hall–Kier alpha value is -7.76. The molecule has 12 nitrogen and oxygen atoms in total. The lowest BCUT2D eigenvalue weighted by atomic mass is 9.79. The summed E-state index contributed by atoms with van der Waals surface area (Å²) in [5.74, 6) is 3.43. The van der Waals surface area contributed by atoms with Crippen molar-refractivity contribution in [2.75, 3.05) is 52.6 Å². The first-order valence-corrected chi connectivity index (χ1v) is 35.4. The SMILES string of the molecule is CC(C)(C)c1cc2c(OCCCNC(=S)c3ccccn3)c(c1)Cc1cc(C(C)(C)C)cc(c1OCCCNC(=S)c1ccccn1)Cc1cc(C(C)(C)C)cc(c1OCCCNC(=S)c1ccccn1)Cc1cc(C(C)(C)C)cc(c1OCCCNC(=S)c1ccccn1)C2. The van der Waals surface area contributed by atoms with E-state index in [-0.39, 0.29) is 21.7 Å². The molecule has 4 N–H and O–H groups in total. The fourth-order valence-electron chi connectivity index (χ4n) is 11.5. The molecule has 1 aliphatic rings. The van der Waals surface area contributed by atoms with Crippen LogP contribution in [0, 0.1) is 0 Å². The van der Waals surface area contributed by atoms with Gasteiger partial charge in [-0.3, -0.25) is 19.9 Å². The number of thiocarbonyl (C=S) groups is 4. The number of hydrogen-bond donors (Lipinski definition) is 4. The number of ether oxygens (including phenoxy) is 4. The van der Waals surface area contributed by atoms with Gasteiger partial charge < -0.3 is 40.2 Å². The van der Waals surface area contributed by atoms with E-state index in [1.807, 2.05) is 72.8 Å². The molecule has 8 aromatic rings. The van der Waals surface area contributed by atoms with Crippen LogP contribution in [0.15, 0.2) is 146 Å². The molecule has 0 aliphatic heterocycles. The fraction of sp³-hybridized carbons (Fsp3) is 0.400. The van der Waals surface area contributed by atoms with E-state index in [1.165, 1.54) is 22.3 Å². The summed E-state index contributed by atoms with van der Waals surface area (Å²) >= 11 is 23.3. The molecule has 16 heteroatoms. The van der Waals surface area contributed by atoms with Crippen LogP contribution in [0.1, 0.15) is 198 Å². The Morgan fingerprint density at radius 3 is 0.656 bits per heavy atom. The van der Waals surface area contributed by atoms with Gasteiger partial charge in [-0.1, -0.05) is 205 Å². The minimum absolute atomic E-state index is 0.236. The first-order chi connectivity index (χ1) is 45.8. The van der Waals surface area contributed by atoms with Crippen LogP contribution in [0.3, 0.4) is 0 Å². The lowest BCUT2D eigenvalue weighted by molar-refractivity contribution is 0.299. The normalized spacial score (nSPS) is 12.5. The highest BCUT2D eigenvalue weighted by Gasteiger charge is 2.30. The van der Waals surface area contributed by atoms with Crippen molar-refractivity contribution in [2.45, 2.75) is 156 Å². The third-order valence-electron chi connectivity index (χ3n) is 17.0. The molecule has 0 unspecified atom stereocenters. The van der Waals surface area contributed by atoms with Crippen molar-refractivity contribution >= 4 is 68.8 Å². The standard InChI is InChI=1S/C80H96N8O4S4/c1-77(2,3)61-45-53-41-55-47-62(78(4,5)6)49-57(70(55)90-38-22-34-86-74(94)66-26-14-18-30-82-66)43-59-51-64(80(10,11)12)52-60(72(59)92-40-24-36-88-76(96)68-28-16-20-32-84-68)44-58-50-63(79(7,8)9)48-56(71(58)91-39-23-35-87-75(95)67-27-15-19-31-83-67)42-54(46-61)69(53)89-37-21-33-85-73(93)65-25-13-17-29-81-65/h13-20,25-32,45-52H,21-24,33-44H2,1-12H3,(H,85,93)(H,86,94)(H,87,95)(H,88,96). The second kappa shape index (κ2) is 33.0. The second-order valence-electron chi connectivity index (χ2n) is 28.9. The zero-order chi connectivity index (χ0) is 68.6. The summed E-state index contributed by atoms with van der Waals surface area (Å²) in [5.41, 5.74) is 15.5. The molecule has 8 bridgehead atoms. The van der Waals surface area contributed by atoms with Crippen LogP contribution in [0.25, 0.3) is 0 Å². The molecule has 504 valence electrons. The summed E-state index contributed by atoms with van der Waals surface area (Å²) in [5, 5.41) is 13.8. The summed E-state index contributed by atoms with van der Waals surface area (Å²) < 4.78 is 29.4. The number of benzene rings is 4. The molecule has 0 saturated heterocycles. The third kappa shape index (κ3) is 20.2. The van der Waals surface area contributed by atoms with Crippen molar-refractivity contribution in [1.82, 2.24) is 41.2 Å². The fourth-order valence-corrected chi connectivity index (χ4v) is 12.4. The molecule has 0 radical (unpaired) electrons. The predicted molar refractivity (Wildman–Crippen MR) is 408 cm³/mol. The number of aromatic nitrogens is 4. The molecule has 0 saturated carbocycles. The minimum atomic E-state index is -0.236. The smallest absolute Gasteiger partial charge is 0.126 e. The first-order valence-electron chi connectivity index (χ1n) is 33.7. The number of rotatable bonds is 24. The van der Waals surface area contributed by atoms with Gasteiger partial charge in [-0.2, -0.15) is 0 Å². The molecule has 9 rings (SSSR count). The molecular formula is C80H96N8O4S4. The van der Waals surface area contributed by atoms with Crippen molar-refractivity contribution in [3.63, 3.8) is 0 Å². The van der Waals surface area contributed by atoms with Gasteiger partial charge in [0.25, 0.3) is 0 Å². The van der Waals surface area contributed by atoms with E-state index in [1.54, 1.807) is 24.8 Å². The molecule has 4 heterocycles. The van der Waals surface area contributed by atoms with Gasteiger partial charge in [-0.05, 0) is 163 Å². The summed E-state index contributed by atoms with van der Waals surface area (Å²) in [6.45, 7) is 31.7. The van der Waals surface area contributed by atoms with Crippen molar-refractivity contribution in [2.24, 2.45) is 0 Å². The van der Waals surface area contributed by atoms with E-state index in [4.69, 9.17) is 67.8 Å². The molecular weight excluding hydrogens is 1270 g/mol. The molecule has 4 aromatic carbocycles. The Morgan fingerprint density at radius 2 is 0.500 bits per heavy atom. The van der Waals surface area contributed by atoms with Crippen LogP contribution < -0.4 is 40.2 Å². The van der Waals surface area contributed by atoms with Gasteiger partial charge >= 0.3 is 0 Å². The predicted octanol–water partition coefficient (Wildman–Crippen LogP) is 16.1. The Bertz CT molecular complexity index is 3360. The van der Waals surface area contributed by atoms with Gasteiger partial charge in [0.05, 0.1) is 49.2 Å². The van der Waals surface area contributed by atoms with Gasteiger partial charge in [0, 0.05) is 76.6 Å². The van der Waals surface area contributed by atoms with Gasteiger partial charge in [0.1, 0.15) is 43.0 Å². The number of nitrogens with zero attached hydrogens (tertiary/aromatic N) is 4. The van der Waals surface area contributed by atoms with Gasteiger partial charge in [0.2, 0.25) is 0 Å². The van der Waals surface area contributed by atoms with Crippen LogP contribution in [-0.4, -0.2) is 92.5 Å². The number of pyridine rings is 4. The highest BCUT2D eigenvalue weighted by Crippen LogP contribution is 2.45. The summed E-state index contributed by atoms with van der Waals surface area (Å²) in [6.07, 6.45) is 11.9. The Labute approximate surface area is 592 Å². The first kappa shape index (κ1) is 72.5. The Balaban J connectivity index is 1.23. The zero-order valence-corrected chi connectivity index (χ0v) is 61.5. The van der Waals surface area contributed by atoms with E-state index >= 15 is 0 Å². The van der Waals surface area contributed by atoms with Crippen LogP contribution >= 0.6 is 48.9 Å². The van der Waals surface area contributed by atoms with Crippen molar-refractivity contribution < 1.29 is 18.9 Å². The Morgan fingerprint density at radius 1 is 0.312 bits per heavy atom. The largest absolute Gasteiger partial charge is 0.493 e. The van der Waals surface area contributed by atoms with E-state index in [0.29, 0.717) is 124 Å². The summed E-state index contributed by atoms with van der Waals surface area (Å²) in [6, 6.07) is 42.2. The van der Waals surface area contributed by atoms with E-state index in [2.05, 4.69) is 173 Å². The summed E-state index contributed by atoms with van der Waals surface area (Å²) in [7, 11) is 0. The van der Waals surface area contributed by atoms with Gasteiger partial charge in [0.15, 0.2) is 0 Å². The molecule has 0 amide bonds. The van der Waals surface area contributed by atoms with Crippen LogP contribution in [-0.2, 0) is 47.3 Å². The molecule has 0 fully saturated rings. The van der Waals surface area contributed by atoms with E-state index < -0.39 is 0 Å². The maximum atomic E-state index is 7.35. The maximum Gasteiger partial charge on any atom is 0.126 e. The highest BCUT2D eigenvalue weighted by atomic mass is 32.1. The minimum Gasteiger partial charge on any atom is -0.493 e. The number of hydrogen-bond acceptors (Lipinski definition) is 12. The van der Waals surface area contributed by atoms with Crippen molar-refractivity contribution in [3.05, 3.63) is 236 Å². The quantitative estimate of drug-likeness (QED) is 0.0337. The van der Waals surface area contributed by atoms with Crippen molar-refractivity contribution in [3.8, 4) is 23.0 Å². The van der Waals surface area contributed by atoms with Crippen LogP contribution in [0.5, 0.6) is 23.0 Å². The van der Waals surface area contributed by atoms with Gasteiger partial charge in [-0.15, -0.1) is 0 Å². The average molecular weight is 1360 g/mol. The molecule has 1 aliphatic carbocycles. The highest BCUT2D eigenvalue weighted by molar-refractivity contribution is 7.81. The van der Waals surface area contributed by atoms with Crippen LogP contribution in [0.4, 0.5) is 0 Å². The van der Waals surface area contributed by atoms with E-state index in [9.17, 15) is 0 Å². The summed E-state index contributed by atoms with van der Waals surface area (Å²) in [4.78, 5) is 20.4. The second-order valence-corrected chi connectivity index (χ2v) is 30.5. The maximum absolute atomic E-state index is 7.35. The monoisotopic (exact) mass is 1360 g/mol. The van der Waals surface area contributed by atoms with Gasteiger partial charge in [-0.25, -0.2) is 0 Å². The zero-order valence-electron chi connectivity index (χ0n) is 58.2. The van der Waals surface area contributed by atoms with Crippen molar-refractivity contribution in [1.29, 1.82) is 0 Å². The third-order valence-corrected chi connectivity index (χ3v) is 18.4. The lowest BCUT2D eigenvalue weighted by Crippen LogP contribution is -2.25. The van der Waals surface area contributed by atoms with Crippen LogP contribution in [0.2, 0.25) is 0 Å². The Kier molecular flexibility index (Phi) is 24.9. The van der Waals surface area contributed by atoms with E-state index in [0.717, 1.165) is 90.3 Å². The molecule has 4 aromatic heterocycles.